The van der Waals surface area contributed by atoms with E-state index in [9.17, 15) is 10.1 Å². The van der Waals surface area contributed by atoms with Crippen LogP contribution < -0.4 is 5.73 Å². The molecule has 0 heterocycles. The number of hydrogen-bond acceptors (Lipinski definition) is 4. The molecule has 86 valence electrons. The summed E-state index contributed by atoms with van der Waals surface area (Å²) in [6, 6.07) is 5.91. The first-order valence-corrected chi connectivity index (χ1v) is 5.10. The van der Waals surface area contributed by atoms with Crippen LogP contribution >= 0.6 is 23.8 Å². The van der Waals surface area contributed by atoms with Gasteiger partial charge in [0.05, 0.1) is 10.5 Å². The standard InChI is InChI=1S/C10H6ClN3O2S/c11-8-4-6(1-2-9(8)14(15)16)3-7(5-12)10(13)17/h1-4H,(H2,13,17). The van der Waals surface area contributed by atoms with E-state index >= 15 is 0 Å². The molecule has 1 aromatic rings. The van der Waals surface area contributed by atoms with Crippen LogP contribution in [0.15, 0.2) is 23.8 Å². The molecule has 0 atom stereocenters. The lowest BCUT2D eigenvalue weighted by molar-refractivity contribution is -0.384. The molecule has 7 heteroatoms. The highest BCUT2D eigenvalue weighted by atomic mass is 35.5. The van der Waals surface area contributed by atoms with E-state index in [1.165, 1.54) is 24.3 Å². The topological polar surface area (TPSA) is 92.9 Å². The summed E-state index contributed by atoms with van der Waals surface area (Å²) in [6.07, 6.45) is 1.41. The molecule has 0 aliphatic rings. The zero-order chi connectivity index (χ0) is 13.0. The molecule has 0 aliphatic heterocycles. The number of nitrogens with two attached hydrogens (primary N) is 1. The number of rotatable bonds is 3. The molecule has 0 fully saturated rings. The molecule has 1 rings (SSSR count). The third-order valence-electron chi connectivity index (χ3n) is 1.87. The summed E-state index contributed by atoms with van der Waals surface area (Å²) in [7, 11) is 0. The summed E-state index contributed by atoms with van der Waals surface area (Å²) in [6.45, 7) is 0. The average Bonchev–Trinajstić information content (AvgIpc) is 2.24. The molecule has 5 nitrogen and oxygen atoms in total. The van der Waals surface area contributed by atoms with Crippen LogP contribution in [0.3, 0.4) is 0 Å². The van der Waals surface area contributed by atoms with Gasteiger partial charge in [0.2, 0.25) is 0 Å². The second-order valence-corrected chi connectivity index (χ2v) is 3.85. The van der Waals surface area contributed by atoms with E-state index in [-0.39, 0.29) is 21.3 Å². The van der Waals surface area contributed by atoms with Gasteiger partial charge in [0.15, 0.2) is 0 Å². The Morgan fingerprint density at radius 2 is 2.29 bits per heavy atom. The third kappa shape index (κ3) is 3.24. The summed E-state index contributed by atoms with van der Waals surface area (Å²) in [4.78, 5) is 9.90. The van der Waals surface area contributed by atoms with Gasteiger partial charge < -0.3 is 5.73 Å². The van der Waals surface area contributed by atoms with Gasteiger partial charge in [-0.25, -0.2) is 0 Å². The lowest BCUT2D eigenvalue weighted by atomic mass is 10.1. The van der Waals surface area contributed by atoms with Crippen LogP contribution in [-0.2, 0) is 0 Å². The maximum absolute atomic E-state index is 10.5. The Morgan fingerprint density at radius 1 is 1.65 bits per heavy atom. The summed E-state index contributed by atoms with van der Waals surface area (Å²) in [5, 5.41) is 19.3. The number of nitrogens with zero attached hydrogens (tertiary/aromatic N) is 2. The van der Waals surface area contributed by atoms with E-state index in [4.69, 9.17) is 22.6 Å². The van der Waals surface area contributed by atoms with Gasteiger partial charge >= 0.3 is 0 Å². The Balaban J connectivity index is 3.20. The second kappa shape index (κ2) is 5.39. The van der Waals surface area contributed by atoms with Gasteiger partial charge in [-0.15, -0.1) is 0 Å². The first-order valence-electron chi connectivity index (χ1n) is 4.31. The van der Waals surface area contributed by atoms with Crippen LogP contribution in [0, 0.1) is 21.4 Å². The van der Waals surface area contributed by atoms with Gasteiger partial charge in [0, 0.05) is 6.07 Å². The second-order valence-electron chi connectivity index (χ2n) is 3.00. The van der Waals surface area contributed by atoms with Crippen molar-refractivity contribution in [3.63, 3.8) is 0 Å². The molecule has 0 bridgehead atoms. The Hall–Kier alpha value is -1.97. The highest BCUT2D eigenvalue weighted by Gasteiger charge is 2.11. The van der Waals surface area contributed by atoms with Crippen LogP contribution in [-0.4, -0.2) is 9.91 Å². The summed E-state index contributed by atoms with van der Waals surface area (Å²) in [5.74, 6) is 0. The van der Waals surface area contributed by atoms with Crippen molar-refractivity contribution in [2.45, 2.75) is 0 Å². The van der Waals surface area contributed by atoms with Gasteiger partial charge in [0.25, 0.3) is 5.69 Å². The molecule has 0 aliphatic carbocycles. The quantitative estimate of drug-likeness (QED) is 0.298. The van der Waals surface area contributed by atoms with Crippen molar-refractivity contribution in [2.24, 2.45) is 5.73 Å². The lowest BCUT2D eigenvalue weighted by Crippen LogP contribution is -2.09. The zero-order valence-corrected chi connectivity index (χ0v) is 9.96. The number of halogens is 1. The molecule has 0 saturated heterocycles. The molecule has 0 spiro atoms. The predicted octanol–water partition coefficient (Wildman–Crippen LogP) is 2.44. The molecule has 0 radical (unpaired) electrons. The largest absolute Gasteiger partial charge is 0.389 e. The van der Waals surface area contributed by atoms with Gasteiger partial charge in [-0.2, -0.15) is 5.26 Å². The highest BCUT2D eigenvalue weighted by Crippen LogP contribution is 2.25. The van der Waals surface area contributed by atoms with E-state index in [0.717, 1.165) is 0 Å². The van der Waals surface area contributed by atoms with E-state index < -0.39 is 4.92 Å². The van der Waals surface area contributed by atoms with Crippen LogP contribution in [0.2, 0.25) is 5.02 Å². The van der Waals surface area contributed by atoms with Crippen molar-refractivity contribution >= 4 is 40.6 Å². The Bertz CT molecular complexity index is 563. The predicted molar refractivity (Wildman–Crippen MR) is 68.5 cm³/mol. The van der Waals surface area contributed by atoms with E-state index in [1.807, 2.05) is 6.07 Å². The lowest BCUT2D eigenvalue weighted by Gasteiger charge is -1.98. The smallest absolute Gasteiger partial charge is 0.287 e. The maximum Gasteiger partial charge on any atom is 0.287 e. The van der Waals surface area contributed by atoms with Crippen molar-refractivity contribution in [1.29, 1.82) is 5.26 Å². The molecule has 0 aromatic heterocycles. The molecular formula is C10H6ClN3O2S. The Kier molecular flexibility index (Phi) is 4.15. The van der Waals surface area contributed by atoms with Gasteiger partial charge in [-0.3, -0.25) is 10.1 Å². The van der Waals surface area contributed by atoms with Crippen LogP contribution in [0.5, 0.6) is 0 Å². The van der Waals surface area contributed by atoms with E-state index in [0.29, 0.717) is 5.56 Å². The van der Waals surface area contributed by atoms with Gasteiger partial charge in [-0.05, 0) is 23.8 Å². The van der Waals surface area contributed by atoms with Crippen LogP contribution in [0.4, 0.5) is 5.69 Å². The van der Waals surface area contributed by atoms with E-state index in [2.05, 4.69) is 12.2 Å². The minimum absolute atomic E-state index is 0.0102. The van der Waals surface area contributed by atoms with E-state index in [1.54, 1.807) is 0 Å². The Morgan fingerprint density at radius 3 is 2.71 bits per heavy atom. The number of nitriles is 1. The molecule has 0 saturated carbocycles. The number of thiocarbonyl (C=S) groups is 1. The molecule has 2 N–H and O–H groups in total. The normalized spacial score (nSPS) is 10.7. The Labute approximate surface area is 107 Å². The summed E-state index contributed by atoms with van der Waals surface area (Å²) in [5.41, 5.74) is 5.75. The molecule has 0 amide bonds. The fourth-order valence-corrected chi connectivity index (χ4v) is 1.45. The number of hydrogen-bond donors (Lipinski definition) is 1. The van der Waals surface area contributed by atoms with Crippen LogP contribution in [0.25, 0.3) is 6.08 Å². The molecule has 17 heavy (non-hydrogen) atoms. The maximum atomic E-state index is 10.5. The first kappa shape index (κ1) is 13.1. The molecule has 0 unspecified atom stereocenters. The minimum Gasteiger partial charge on any atom is -0.389 e. The summed E-state index contributed by atoms with van der Waals surface area (Å²) < 4.78 is 0. The number of nitro benzene ring substituents is 1. The first-order chi connectivity index (χ1) is 7.95. The van der Waals surface area contributed by atoms with Crippen molar-refractivity contribution in [2.75, 3.05) is 0 Å². The molecule has 1 aromatic carbocycles. The van der Waals surface area contributed by atoms with Crippen molar-refractivity contribution in [1.82, 2.24) is 0 Å². The highest BCUT2D eigenvalue weighted by molar-refractivity contribution is 7.80. The monoisotopic (exact) mass is 267 g/mol. The zero-order valence-electron chi connectivity index (χ0n) is 8.38. The number of benzene rings is 1. The molecular weight excluding hydrogens is 262 g/mol. The van der Waals surface area contributed by atoms with Crippen molar-refractivity contribution < 1.29 is 4.92 Å². The summed E-state index contributed by atoms with van der Waals surface area (Å²) >= 11 is 10.4. The van der Waals surface area contributed by atoms with Gasteiger partial charge in [-0.1, -0.05) is 23.8 Å². The third-order valence-corrected chi connectivity index (χ3v) is 2.39. The fourth-order valence-electron chi connectivity index (χ4n) is 1.09. The SMILES string of the molecule is N#CC(=Cc1ccc([N+](=O)[O-])c(Cl)c1)C(N)=S. The van der Waals surface area contributed by atoms with Crippen molar-refractivity contribution in [3.8, 4) is 6.07 Å². The van der Waals surface area contributed by atoms with Crippen LogP contribution in [0.1, 0.15) is 5.56 Å². The average molecular weight is 268 g/mol. The fraction of sp³-hybridized carbons (Fsp3) is 0. The van der Waals surface area contributed by atoms with Gasteiger partial charge in [0.1, 0.15) is 16.1 Å². The number of nitro groups is 1. The minimum atomic E-state index is -0.589. The van der Waals surface area contributed by atoms with Crippen molar-refractivity contribution in [3.05, 3.63) is 44.5 Å².